The predicted octanol–water partition coefficient (Wildman–Crippen LogP) is -0.969. The van der Waals surface area contributed by atoms with Crippen molar-refractivity contribution in [1.82, 2.24) is 0 Å². The fraction of sp³-hybridized carbons (Fsp3) is 0.833. The summed E-state index contributed by atoms with van der Waals surface area (Å²) < 4.78 is 4.43. The molecule has 6 heteroatoms. The maximum absolute atomic E-state index is 10.9. The molecule has 0 spiro atoms. The Bertz CT molecular complexity index is 153. The Balaban J connectivity index is 3.72. The average Bonchev–Trinajstić information content (AvgIpc) is 1.97. The lowest BCUT2D eigenvalue weighted by atomic mass is 10.1. The zero-order valence-corrected chi connectivity index (χ0v) is 8.15. The summed E-state index contributed by atoms with van der Waals surface area (Å²) in [5.74, 6) is -0.798. The van der Waals surface area contributed by atoms with Crippen molar-refractivity contribution in [2.45, 2.75) is 20.3 Å². The molecule has 1 atom stereocenters. The molecule has 0 aromatic rings. The first-order valence-electron chi connectivity index (χ1n) is 3.70. The normalized spacial score (nSPS) is 14.1. The number of carbonyl (C=O) groups excluding carboxylic acids is 1. The van der Waals surface area contributed by atoms with E-state index in [1.54, 1.807) is 6.92 Å². The molecule has 0 aliphatic carbocycles. The van der Waals surface area contributed by atoms with Gasteiger partial charge in [-0.2, -0.15) is 0 Å². The molecule has 0 radical (unpaired) electrons. The zero-order chi connectivity index (χ0) is 9.78. The molecule has 0 aromatic carbocycles. The summed E-state index contributed by atoms with van der Waals surface area (Å²) in [6.07, 6.45) is -0.0636. The zero-order valence-electron chi connectivity index (χ0n) is 7.15. The molecule has 0 saturated heterocycles. The van der Waals surface area contributed by atoms with E-state index in [0.717, 1.165) is 0 Å². The van der Waals surface area contributed by atoms with Gasteiger partial charge in [0.15, 0.2) is 6.23 Å². The van der Waals surface area contributed by atoms with Crippen molar-refractivity contribution < 1.29 is 23.9 Å². The Morgan fingerprint density at radius 1 is 1.50 bits per heavy atom. The lowest BCUT2D eigenvalue weighted by Gasteiger charge is -2.12. The van der Waals surface area contributed by atoms with E-state index in [1.165, 1.54) is 0 Å². The van der Waals surface area contributed by atoms with Crippen LogP contribution in [0.15, 0.2) is 0 Å². The Labute approximate surface area is 72.0 Å². The van der Waals surface area contributed by atoms with E-state index >= 15 is 0 Å². The van der Waals surface area contributed by atoms with Crippen molar-refractivity contribution in [2.75, 3.05) is 6.23 Å². The van der Waals surface area contributed by atoms with Crippen LogP contribution in [-0.4, -0.2) is 35.4 Å². The smallest absolute Gasteiger partial charge is 0.461 e. The van der Waals surface area contributed by atoms with Crippen molar-refractivity contribution in [2.24, 2.45) is 5.92 Å². The summed E-state index contributed by atoms with van der Waals surface area (Å²) in [6.45, 7) is 3.48. The van der Waals surface area contributed by atoms with Crippen LogP contribution in [0.2, 0.25) is 0 Å². The molecule has 0 aromatic heterocycles. The Hall–Kier alpha value is -0.433. The van der Waals surface area contributed by atoms with E-state index in [-0.39, 0.29) is 5.92 Å². The highest BCUT2D eigenvalue weighted by Crippen LogP contribution is 2.03. The fourth-order valence-corrected chi connectivity index (χ4v) is 0.813. The maximum atomic E-state index is 10.9. The van der Waals surface area contributed by atoms with Gasteiger partial charge in [-0.05, 0) is 6.42 Å². The summed E-state index contributed by atoms with van der Waals surface area (Å²) in [5, 5.41) is 0. The van der Waals surface area contributed by atoms with Gasteiger partial charge in [-0.1, -0.05) is 13.8 Å². The van der Waals surface area contributed by atoms with Gasteiger partial charge in [0.2, 0.25) is 0 Å². The van der Waals surface area contributed by atoms with Crippen LogP contribution in [0.25, 0.3) is 0 Å². The predicted molar refractivity (Wildman–Crippen MR) is 42.8 cm³/mol. The van der Waals surface area contributed by atoms with Crippen LogP contribution in [-0.2, 0) is 9.53 Å². The van der Waals surface area contributed by atoms with Gasteiger partial charge in [0.25, 0.3) is 0 Å². The largest absolute Gasteiger partial charge is 0.532 e. The van der Waals surface area contributed by atoms with Crippen molar-refractivity contribution >= 4 is 14.8 Å². The lowest BCUT2D eigenvalue weighted by molar-refractivity contribution is -0.147. The van der Waals surface area contributed by atoms with Crippen molar-refractivity contribution in [3.8, 4) is 0 Å². The standard InChI is InChI=1S/C6H14O5Si/c1-3-5(2)6(7)11-4-12(8,9)10/h5,8-10H,3-4H2,1-2H3. The third kappa shape index (κ3) is 5.25. The molecule has 0 bridgehead atoms. The van der Waals surface area contributed by atoms with Gasteiger partial charge >= 0.3 is 14.8 Å². The minimum absolute atomic E-state index is 0.277. The molecule has 12 heavy (non-hydrogen) atoms. The van der Waals surface area contributed by atoms with Gasteiger partial charge < -0.3 is 19.1 Å². The first-order chi connectivity index (χ1) is 5.37. The van der Waals surface area contributed by atoms with E-state index in [4.69, 9.17) is 14.4 Å². The molecule has 3 N–H and O–H groups in total. The molecule has 0 heterocycles. The second-order valence-electron chi connectivity index (χ2n) is 2.69. The van der Waals surface area contributed by atoms with Crippen LogP contribution in [0.3, 0.4) is 0 Å². The second-order valence-corrected chi connectivity index (χ2v) is 4.53. The maximum Gasteiger partial charge on any atom is 0.532 e. The fourth-order valence-electron chi connectivity index (χ4n) is 0.477. The number of esters is 1. The molecule has 72 valence electrons. The van der Waals surface area contributed by atoms with Crippen LogP contribution in [0.4, 0.5) is 0 Å². The summed E-state index contributed by atoms with van der Waals surface area (Å²) in [4.78, 5) is 36.4. The molecule has 0 aliphatic rings. The Morgan fingerprint density at radius 2 is 2.00 bits per heavy atom. The van der Waals surface area contributed by atoms with Crippen LogP contribution in [0.1, 0.15) is 20.3 Å². The third-order valence-electron chi connectivity index (χ3n) is 1.42. The van der Waals surface area contributed by atoms with Crippen LogP contribution < -0.4 is 0 Å². The molecular formula is C6H14O5Si. The van der Waals surface area contributed by atoms with Crippen LogP contribution in [0, 0.1) is 5.92 Å². The van der Waals surface area contributed by atoms with E-state index < -0.39 is 21.0 Å². The van der Waals surface area contributed by atoms with Gasteiger partial charge in [0.05, 0.1) is 5.92 Å². The molecule has 0 amide bonds. The SMILES string of the molecule is CCC(C)C(=O)OC[Si](O)(O)O. The van der Waals surface area contributed by atoms with E-state index in [0.29, 0.717) is 6.42 Å². The monoisotopic (exact) mass is 194 g/mol. The number of rotatable bonds is 4. The average molecular weight is 194 g/mol. The van der Waals surface area contributed by atoms with Gasteiger partial charge in [0.1, 0.15) is 0 Å². The van der Waals surface area contributed by atoms with Crippen LogP contribution in [0.5, 0.6) is 0 Å². The third-order valence-corrected chi connectivity index (χ3v) is 1.95. The van der Waals surface area contributed by atoms with Crippen molar-refractivity contribution in [3.63, 3.8) is 0 Å². The first kappa shape index (κ1) is 11.6. The number of hydrogen-bond donors (Lipinski definition) is 3. The highest BCUT2D eigenvalue weighted by molar-refractivity contribution is 6.56. The number of carbonyl (C=O) groups is 1. The van der Waals surface area contributed by atoms with E-state index in [1.807, 2.05) is 6.92 Å². The summed E-state index contributed by atoms with van der Waals surface area (Å²) in [5.41, 5.74) is 0. The summed E-state index contributed by atoms with van der Waals surface area (Å²) in [6, 6.07) is 0. The topological polar surface area (TPSA) is 87.0 Å². The molecule has 0 aliphatic heterocycles. The Morgan fingerprint density at radius 3 is 2.33 bits per heavy atom. The summed E-state index contributed by atoms with van der Waals surface area (Å²) in [7, 11) is -4.22. The summed E-state index contributed by atoms with van der Waals surface area (Å²) >= 11 is 0. The second kappa shape index (κ2) is 4.56. The Kier molecular flexibility index (Phi) is 4.39. The lowest BCUT2D eigenvalue weighted by Crippen LogP contribution is -2.42. The minimum atomic E-state index is -4.22. The van der Waals surface area contributed by atoms with Gasteiger partial charge in [-0.15, -0.1) is 0 Å². The number of ether oxygens (including phenoxy) is 1. The van der Waals surface area contributed by atoms with Crippen molar-refractivity contribution in [3.05, 3.63) is 0 Å². The van der Waals surface area contributed by atoms with E-state index in [2.05, 4.69) is 4.74 Å². The van der Waals surface area contributed by atoms with Crippen molar-refractivity contribution in [1.29, 1.82) is 0 Å². The highest BCUT2D eigenvalue weighted by Gasteiger charge is 2.30. The van der Waals surface area contributed by atoms with Gasteiger partial charge in [-0.3, -0.25) is 4.79 Å². The molecular weight excluding hydrogens is 180 g/mol. The van der Waals surface area contributed by atoms with Crippen LogP contribution >= 0.6 is 0 Å². The van der Waals surface area contributed by atoms with E-state index in [9.17, 15) is 4.79 Å². The first-order valence-corrected chi connectivity index (χ1v) is 5.75. The quantitative estimate of drug-likeness (QED) is 0.396. The van der Waals surface area contributed by atoms with Gasteiger partial charge in [-0.25, -0.2) is 0 Å². The number of hydrogen-bond acceptors (Lipinski definition) is 5. The molecule has 0 fully saturated rings. The minimum Gasteiger partial charge on any atom is -0.461 e. The molecule has 1 unspecified atom stereocenters. The molecule has 0 saturated carbocycles. The molecule has 5 nitrogen and oxygen atoms in total. The molecule has 0 rings (SSSR count). The highest BCUT2D eigenvalue weighted by atomic mass is 28.4. The van der Waals surface area contributed by atoms with Gasteiger partial charge in [0, 0.05) is 0 Å².